The summed E-state index contributed by atoms with van der Waals surface area (Å²) in [6, 6.07) is 7.22. The molecule has 0 saturated carbocycles. The molecule has 1 fully saturated rings. The van der Waals surface area contributed by atoms with Crippen LogP contribution in [0.5, 0.6) is 0 Å². The fourth-order valence-electron chi connectivity index (χ4n) is 2.27. The summed E-state index contributed by atoms with van der Waals surface area (Å²) in [5, 5.41) is 0. The van der Waals surface area contributed by atoms with Crippen LogP contribution in [0.2, 0.25) is 0 Å². The molecular formula is C13H19NO2S. The quantitative estimate of drug-likeness (QED) is 0.812. The smallest absolute Gasteiger partial charge is 0.207 e. The van der Waals surface area contributed by atoms with Gasteiger partial charge in [-0.1, -0.05) is 24.1 Å². The van der Waals surface area contributed by atoms with Crippen molar-refractivity contribution in [3.63, 3.8) is 0 Å². The van der Waals surface area contributed by atoms with E-state index < -0.39 is 10.0 Å². The van der Waals surface area contributed by atoms with Crippen LogP contribution in [-0.4, -0.2) is 25.3 Å². The van der Waals surface area contributed by atoms with Crippen molar-refractivity contribution in [1.82, 2.24) is 4.31 Å². The normalized spacial score (nSPS) is 22.6. The number of rotatable bonds is 2. The molecule has 0 spiro atoms. The summed E-state index contributed by atoms with van der Waals surface area (Å²) < 4.78 is 26.5. The summed E-state index contributed by atoms with van der Waals surface area (Å²) in [5.41, 5.74) is 1.08. The molecule has 0 aliphatic carbocycles. The maximum absolute atomic E-state index is 12.4. The topological polar surface area (TPSA) is 37.4 Å². The standard InChI is InChI=1S/C13H19NO2S/c1-11-6-8-13(9-7-11)17(15,16)14-10-4-3-5-12(14)2/h6-9,12H,3-5,10H2,1-2H3/t12-/m0/s1. The van der Waals surface area contributed by atoms with Gasteiger partial charge in [0.2, 0.25) is 10.0 Å². The number of hydrogen-bond donors (Lipinski definition) is 0. The molecular weight excluding hydrogens is 234 g/mol. The van der Waals surface area contributed by atoms with Gasteiger partial charge in [0.1, 0.15) is 0 Å². The van der Waals surface area contributed by atoms with E-state index in [1.54, 1.807) is 16.4 Å². The Morgan fingerprint density at radius 2 is 1.82 bits per heavy atom. The highest BCUT2D eigenvalue weighted by Crippen LogP contribution is 2.25. The zero-order valence-electron chi connectivity index (χ0n) is 10.4. The van der Waals surface area contributed by atoms with E-state index >= 15 is 0 Å². The number of aryl methyl sites for hydroxylation is 1. The van der Waals surface area contributed by atoms with Gasteiger partial charge in [-0.15, -0.1) is 0 Å². The number of hydrogen-bond acceptors (Lipinski definition) is 2. The molecule has 0 amide bonds. The first kappa shape index (κ1) is 12.6. The lowest BCUT2D eigenvalue weighted by molar-refractivity contribution is 0.268. The van der Waals surface area contributed by atoms with Gasteiger partial charge < -0.3 is 0 Å². The van der Waals surface area contributed by atoms with Crippen LogP contribution in [0.4, 0.5) is 0 Å². The fraction of sp³-hybridized carbons (Fsp3) is 0.538. The Kier molecular flexibility index (Phi) is 3.54. The predicted octanol–water partition coefficient (Wildman–Crippen LogP) is 2.56. The molecule has 1 aromatic rings. The van der Waals surface area contributed by atoms with Crippen LogP contribution in [0.25, 0.3) is 0 Å². The number of sulfonamides is 1. The number of nitrogens with zero attached hydrogens (tertiary/aromatic N) is 1. The lowest BCUT2D eigenvalue weighted by Crippen LogP contribution is -2.41. The van der Waals surface area contributed by atoms with E-state index in [9.17, 15) is 8.42 Å². The Balaban J connectivity index is 2.32. The zero-order valence-corrected chi connectivity index (χ0v) is 11.2. The second kappa shape index (κ2) is 4.78. The number of piperidine rings is 1. The zero-order chi connectivity index (χ0) is 12.5. The molecule has 0 bridgehead atoms. The average molecular weight is 253 g/mol. The Morgan fingerprint density at radius 3 is 2.41 bits per heavy atom. The second-order valence-corrected chi connectivity index (χ2v) is 6.66. The van der Waals surface area contributed by atoms with Gasteiger partial charge in [-0.3, -0.25) is 0 Å². The van der Waals surface area contributed by atoms with E-state index in [0.717, 1.165) is 24.8 Å². The van der Waals surface area contributed by atoms with Crippen molar-refractivity contribution in [3.8, 4) is 0 Å². The van der Waals surface area contributed by atoms with Crippen molar-refractivity contribution in [2.45, 2.75) is 44.0 Å². The van der Waals surface area contributed by atoms with Crippen molar-refractivity contribution < 1.29 is 8.42 Å². The minimum absolute atomic E-state index is 0.120. The lowest BCUT2D eigenvalue weighted by Gasteiger charge is -2.32. The maximum Gasteiger partial charge on any atom is 0.243 e. The molecule has 1 aliphatic rings. The van der Waals surface area contributed by atoms with E-state index in [4.69, 9.17) is 0 Å². The molecule has 1 aromatic carbocycles. The molecule has 1 aliphatic heterocycles. The molecule has 4 heteroatoms. The van der Waals surface area contributed by atoms with Crippen molar-refractivity contribution in [1.29, 1.82) is 0 Å². The Labute approximate surface area is 104 Å². The Bertz CT molecular complexity index is 479. The summed E-state index contributed by atoms with van der Waals surface area (Å²) in [4.78, 5) is 0.414. The second-order valence-electron chi connectivity index (χ2n) is 4.77. The first-order chi connectivity index (χ1) is 8.01. The Morgan fingerprint density at radius 1 is 1.18 bits per heavy atom. The fourth-order valence-corrected chi connectivity index (χ4v) is 3.97. The molecule has 2 rings (SSSR count). The maximum atomic E-state index is 12.4. The van der Waals surface area contributed by atoms with Crippen LogP contribution in [-0.2, 0) is 10.0 Å². The minimum atomic E-state index is -3.29. The lowest BCUT2D eigenvalue weighted by atomic mass is 10.1. The summed E-state index contributed by atoms with van der Waals surface area (Å²) in [6.07, 6.45) is 3.06. The van der Waals surface area contributed by atoms with Crippen molar-refractivity contribution in [2.24, 2.45) is 0 Å². The third-order valence-corrected chi connectivity index (χ3v) is 5.40. The van der Waals surface area contributed by atoms with Crippen molar-refractivity contribution in [2.75, 3.05) is 6.54 Å². The van der Waals surface area contributed by atoms with E-state index in [1.807, 2.05) is 26.0 Å². The van der Waals surface area contributed by atoms with E-state index in [-0.39, 0.29) is 6.04 Å². The van der Waals surface area contributed by atoms with E-state index in [1.165, 1.54) is 0 Å². The van der Waals surface area contributed by atoms with E-state index in [2.05, 4.69) is 0 Å². The van der Waals surface area contributed by atoms with Gasteiger partial charge in [0.25, 0.3) is 0 Å². The molecule has 0 N–H and O–H groups in total. The summed E-state index contributed by atoms with van der Waals surface area (Å²) in [7, 11) is -3.29. The van der Waals surface area contributed by atoms with Crippen LogP contribution in [0, 0.1) is 6.92 Å². The van der Waals surface area contributed by atoms with Crippen molar-refractivity contribution >= 4 is 10.0 Å². The SMILES string of the molecule is Cc1ccc(S(=O)(=O)N2CCCC[C@@H]2C)cc1. The summed E-state index contributed by atoms with van der Waals surface area (Å²) >= 11 is 0. The third-order valence-electron chi connectivity index (χ3n) is 3.37. The monoisotopic (exact) mass is 253 g/mol. The van der Waals surface area contributed by atoms with Gasteiger partial charge in [0.05, 0.1) is 4.90 Å². The summed E-state index contributed by atoms with van der Waals surface area (Å²) in [5.74, 6) is 0. The van der Waals surface area contributed by atoms with Gasteiger partial charge in [-0.05, 0) is 38.8 Å². The highest BCUT2D eigenvalue weighted by atomic mass is 32.2. The predicted molar refractivity (Wildman–Crippen MR) is 68.4 cm³/mol. The molecule has 94 valence electrons. The molecule has 3 nitrogen and oxygen atoms in total. The van der Waals surface area contributed by atoms with Crippen molar-refractivity contribution in [3.05, 3.63) is 29.8 Å². The number of benzene rings is 1. The third kappa shape index (κ3) is 2.53. The Hall–Kier alpha value is -0.870. The molecule has 1 saturated heterocycles. The molecule has 0 aromatic heterocycles. The van der Waals surface area contributed by atoms with Crippen LogP contribution >= 0.6 is 0 Å². The summed E-state index contributed by atoms with van der Waals surface area (Å²) in [6.45, 7) is 4.60. The van der Waals surface area contributed by atoms with Gasteiger partial charge >= 0.3 is 0 Å². The van der Waals surface area contributed by atoms with Crippen LogP contribution < -0.4 is 0 Å². The van der Waals surface area contributed by atoms with Gasteiger partial charge in [0.15, 0.2) is 0 Å². The van der Waals surface area contributed by atoms with E-state index in [0.29, 0.717) is 11.4 Å². The molecule has 0 radical (unpaired) electrons. The first-order valence-corrected chi connectivity index (χ1v) is 7.54. The van der Waals surface area contributed by atoms with Gasteiger partial charge in [-0.2, -0.15) is 4.31 Å². The highest BCUT2D eigenvalue weighted by Gasteiger charge is 2.30. The van der Waals surface area contributed by atoms with Crippen LogP contribution in [0.15, 0.2) is 29.2 Å². The van der Waals surface area contributed by atoms with Crippen LogP contribution in [0.3, 0.4) is 0 Å². The molecule has 1 heterocycles. The minimum Gasteiger partial charge on any atom is -0.207 e. The highest BCUT2D eigenvalue weighted by molar-refractivity contribution is 7.89. The molecule has 1 atom stereocenters. The average Bonchev–Trinajstić information content (AvgIpc) is 2.30. The molecule has 0 unspecified atom stereocenters. The van der Waals surface area contributed by atoms with Gasteiger partial charge in [-0.25, -0.2) is 8.42 Å². The largest absolute Gasteiger partial charge is 0.243 e. The van der Waals surface area contributed by atoms with Gasteiger partial charge in [0, 0.05) is 12.6 Å². The molecule has 17 heavy (non-hydrogen) atoms. The van der Waals surface area contributed by atoms with Crippen LogP contribution in [0.1, 0.15) is 31.7 Å². The first-order valence-electron chi connectivity index (χ1n) is 6.10.